The fourth-order valence-electron chi connectivity index (χ4n) is 2.21. The first-order valence-corrected chi connectivity index (χ1v) is 8.99. The number of nitrogens with one attached hydrogen (secondary N) is 1. The number of aliphatic carboxylic acids is 2. The van der Waals surface area contributed by atoms with Crippen LogP contribution < -0.4 is 10.1 Å². The highest BCUT2D eigenvalue weighted by molar-refractivity contribution is 6.27. The molecule has 1 aromatic rings. The first-order chi connectivity index (χ1) is 12.6. The van der Waals surface area contributed by atoms with Gasteiger partial charge in [0.2, 0.25) is 0 Å². The van der Waals surface area contributed by atoms with E-state index in [1.54, 1.807) is 7.11 Å². The van der Waals surface area contributed by atoms with Gasteiger partial charge in [-0.25, -0.2) is 9.59 Å². The summed E-state index contributed by atoms with van der Waals surface area (Å²) in [6.45, 7) is 12.3. The minimum absolute atomic E-state index is 0.113. The third-order valence-electron chi connectivity index (χ3n) is 3.59. The van der Waals surface area contributed by atoms with Crippen LogP contribution in [0.4, 0.5) is 0 Å². The first-order valence-electron chi connectivity index (χ1n) is 8.99. The van der Waals surface area contributed by atoms with Crippen LogP contribution in [-0.4, -0.2) is 55.6 Å². The van der Waals surface area contributed by atoms with Crippen molar-refractivity contribution in [2.45, 2.75) is 46.0 Å². The molecule has 3 N–H and O–H groups in total. The topological polar surface area (TPSA) is 105 Å². The molecule has 0 bridgehead atoms. The second-order valence-corrected chi connectivity index (χ2v) is 7.16. The lowest BCUT2D eigenvalue weighted by Crippen LogP contribution is -2.20. The Labute approximate surface area is 161 Å². The van der Waals surface area contributed by atoms with Crippen LogP contribution >= 0.6 is 0 Å². The molecule has 154 valence electrons. The molecule has 0 aliphatic carbocycles. The van der Waals surface area contributed by atoms with Crippen LogP contribution in [0.15, 0.2) is 18.2 Å². The predicted octanol–water partition coefficient (Wildman–Crippen LogP) is 2.84. The molecule has 0 radical (unpaired) electrons. The number of carboxylic acids is 2. The van der Waals surface area contributed by atoms with Crippen molar-refractivity contribution in [2.75, 3.05) is 33.4 Å². The summed E-state index contributed by atoms with van der Waals surface area (Å²) in [7, 11) is 1.74. The van der Waals surface area contributed by atoms with Crippen LogP contribution in [0.1, 0.15) is 44.7 Å². The number of hydrogen-bond donors (Lipinski definition) is 3. The minimum Gasteiger partial charge on any atom is -0.493 e. The van der Waals surface area contributed by atoms with E-state index in [2.05, 4.69) is 51.2 Å². The second-order valence-electron chi connectivity index (χ2n) is 7.16. The molecule has 0 aromatic heterocycles. The highest BCUT2D eigenvalue weighted by Gasteiger charge is 2.18. The summed E-state index contributed by atoms with van der Waals surface area (Å²) < 4.78 is 11.0. The molecular weight excluding hydrogens is 350 g/mol. The van der Waals surface area contributed by atoms with Gasteiger partial charge in [0, 0.05) is 13.7 Å². The van der Waals surface area contributed by atoms with Gasteiger partial charge < -0.3 is 25.0 Å². The van der Waals surface area contributed by atoms with Gasteiger partial charge in [-0.1, -0.05) is 32.9 Å². The summed E-state index contributed by atoms with van der Waals surface area (Å²) in [4.78, 5) is 18.2. The average molecular weight is 383 g/mol. The van der Waals surface area contributed by atoms with Crippen molar-refractivity contribution >= 4 is 11.9 Å². The molecule has 7 nitrogen and oxygen atoms in total. The van der Waals surface area contributed by atoms with E-state index in [1.807, 2.05) is 0 Å². The van der Waals surface area contributed by atoms with E-state index in [4.69, 9.17) is 29.3 Å². The van der Waals surface area contributed by atoms with E-state index >= 15 is 0 Å². The maximum atomic E-state index is 9.10. The number of hydrogen-bond acceptors (Lipinski definition) is 5. The van der Waals surface area contributed by atoms with E-state index in [1.165, 1.54) is 11.1 Å². The average Bonchev–Trinajstić information content (AvgIpc) is 2.56. The summed E-state index contributed by atoms with van der Waals surface area (Å²) in [6.07, 6.45) is 2.08. The van der Waals surface area contributed by atoms with Crippen LogP contribution in [0.25, 0.3) is 0 Å². The summed E-state index contributed by atoms with van der Waals surface area (Å²) in [5.41, 5.74) is 2.64. The number of carbonyl (C=O) groups is 2. The van der Waals surface area contributed by atoms with Gasteiger partial charge in [0.1, 0.15) is 5.75 Å². The Kier molecular flexibility index (Phi) is 12.1. The van der Waals surface area contributed by atoms with Crippen LogP contribution in [0, 0.1) is 6.92 Å². The third kappa shape index (κ3) is 12.0. The Hall–Kier alpha value is -2.12. The van der Waals surface area contributed by atoms with Gasteiger partial charge in [0.15, 0.2) is 0 Å². The predicted molar refractivity (Wildman–Crippen MR) is 105 cm³/mol. The standard InChI is InChI=1S/C18H31NO2.C2H2O4/c1-15-8-9-16(18(2,3)4)17(14-15)21-13-7-11-19-10-6-12-20-5;3-1(4)2(5)6/h8-9,14,19H,6-7,10-13H2,1-5H3;(H,3,4)(H,5,6). The van der Waals surface area contributed by atoms with Gasteiger partial charge in [-0.15, -0.1) is 0 Å². The molecule has 0 unspecified atom stereocenters. The van der Waals surface area contributed by atoms with Gasteiger partial charge in [-0.2, -0.15) is 0 Å². The zero-order valence-electron chi connectivity index (χ0n) is 17.0. The molecular formula is C20H33NO6. The molecule has 0 saturated carbocycles. The smallest absolute Gasteiger partial charge is 0.414 e. The largest absolute Gasteiger partial charge is 0.493 e. The molecule has 0 saturated heterocycles. The molecule has 0 amide bonds. The second kappa shape index (κ2) is 13.1. The number of benzene rings is 1. The summed E-state index contributed by atoms with van der Waals surface area (Å²) in [5.74, 6) is -2.62. The molecule has 0 aliphatic rings. The van der Waals surface area contributed by atoms with Crippen molar-refractivity contribution in [3.63, 3.8) is 0 Å². The lowest BCUT2D eigenvalue weighted by atomic mass is 9.86. The number of methoxy groups -OCH3 is 1. The molecule has 0 spiro atoms. The molecule has 0 atom stereocenters. The van der Waals surface area contributed by atoms with E-state index < -0.39 is 11.9 Å². The monoisotopic (exact) mass is 383 g/mol. The summed E-state index contributed by atoms with van der Waals surface area (Å²) in [6, 6.07) is 6.49. The lowest BCUT2D eigenvalue weighted by molar-refractivity contribution is -0.159. The normalized spacial score (nSPS) is 10.7. The number of ether oxygens (including phenoxy) is 2. The third-order valence-corrected chi connectivity index (χ3v) is 3.59. The van der Waals surface area contributed by atoms with E-state index in [-0.39, 0.29) is 5.41 Å². The highest BCUT2D eigenvalue weighted by Crippen LogP contribution is 2.32. The molecule has 27 heavy (non-hydrogen) atoms. The van der Waals surface area contributed by atoms with E-state index in [9.17, 15) is 0 Å². The van der Waals surface area contributed by atoms with Gasteiger partial charge in [-0.3, -0.25) is 0 Å². The van der Waals surface area contributed by atoms with Crippen LogP contribution in [0.5, 0.6) is 5.75 Å². The maximum absolute atomic E-state index is 9.10. The van der Waals surface area contributed by atoms with Crippen LogP contribution in [0.3, 0.4) is 0 Å². The maximum Gasteiger partial charge on any atom is 0.414 e. The Balaban J connectivity index is 0.000000972. The molecule has 1 aromatic carbocycles. The van der Waals surface area contributed by atoms with Crippen molar-refractivity contribution in [1.29, 1.82) is 0 Å². The van der Waals surface area contributed by atoms with Gasteiger partial charge in [0.25, 0.3) is 0 Å². The Morgan fingerprint density at radius 3 is 2.07 bits per heavy atom. The SMILES string of the molecule is COCCCNCCCOc1cc(C)ccc1C(C)(C)C.O=C(O)C(=O)O. The van der Waals surface area contributed by atoms with Crippen LogP contribution in [0.2, 0.25) is 0 Å². The number of aryl methyl sites for hydroxylation is 1. The van der Waals surface area contributed by atoms with Crippen LogP contribution in [-0.2, 0) is 19.7 Å². The van der Waals surface area contributed by atoms with Gasteiger partial charge in [0.05, 0.1) is 6.61 Å². The summed E-state index contributed by atoms with van der Waals surface area (Å²) in [5, 5.41) is 18.2. The number of carboxylic acid groups (broad SMARTS) is 2. The van der Waals surface area contributed by atoms with Crippen molar-refractivity contribution < 1.29 is 29.3 Å². The Bertz CT molecular complexity index is 568. The molecule has 0 heterocycles. The zero-order valence-corrected chi connectivity index (χ0v) is 17.0. The quantitative estimate of drug-likeness (QED) is 0.445. The Morgan fingerprint density at radius 2 is 1.59 bits per heavy atom. The highest BCUT2D eigenvalue weighted by atomic mass is 16.5. The fourth-order valence-corrected chi connectivity index (χ4v) is 2.21. The van der Waals surface area contributed by atoms with E-state index in [0.29, 0.717) is 0 Å². The van der Waals surface area contributed by atoms with Crippen molar-refractivity contribution in [3.05, 3.63) is 29.3 Å². The molecule has 0 fully saturated rings. The van der Waals surface area contributed by atoms with E-state index in [0.717, 1.165) is 44.9 Å². The summed E-state index contributed by atoms with van der Waals surface area (Å²) >= 11 is 0. The zero-order chi connectivity index (χ0) is 20.9. The molecule has 7 heteroatoms. The first kappa shape index (κ1) is 24.9. The van der Waals surface area contributed by atoms with Gasteiger partial charge in [-0.05, 0) is 55.5 Å². The minimum atomic E-state index is -1.82. The van der Waals surface area contributed by atoms with Crippen molar-refractivity contribution in [1.82, 2.24) is 5.32 Å². The molecule has 0 aliphatic heterocycles. The van der Waals surface area contributed by atoms with Gasteiger partial charge >= 0.3 is 11.9 Å². The Morgan fingerprint density at radius 1 is 1.04 bits per heavy atom. The fraction of sp³-hybridized carbons (Fsp3) is 0.600. The molecule has 1 rings (SSSR count). The lowest BCUT2D eigenvalue weighted by Gasteiger charge is -2.23. The van der Waals surface area contributed by atoms with Crippen molar-refractivity contribution in [3.8, 4) is 5.75 Å². The number of rotatable bonds is 9. The van der Waals surface area contributed by atoms with Crippen molar-refractivity contribution in [2.24, 2.45) is 0 Å².